The van der Waals surface area contributed by atoms with Gasteiger partial charge in [0.1, 0.15) is 5.75 Å². The Labute approximate surface area is 220 Å². The van der Waals surface area contributed by atoms with Gasteiger partial charge in [0.05, 0.1) is 5.69 Å². The first-order valence-corrected chi connectivity index (χ1v) is 11.3. The van der Waals surface area contributed by atoms with Gasteiger partial charge in [-0.25, -0.2) is 0 Å². The molecule has 1 aromatic carbocycles. The smallest absolute Gasteiger partial charge is 0.260 e. The van der Waals surface area contributed by atoms with Crippen LogP contribution in [-0.2, 0) is 45.8 Å². The molecule has 6 nitrogen and oxygen atoms in total. The molecule has 1 aromatic heterocycles. The van der Waals surface area contributed by atoms with E-state index in [1.54, 1.807) is 27.4 Å². The second kappa shape index (κ2) is 12.5. The van der Waals surface area contributed by atoms with Gasteiger partial charge in [0.2, 0.25) is 0 Å². The van der Waals surface area contributed by atoms with E-state index in [4.69, 9.17) is 17.0 Å². The number of rotatable bonds is 9. The number of hydrogen-bond acceptors (Lipinski definition) is 5. The number of anilines is 1. The zero-order valence-electron chi connectivity index (χ0n) is 19.0. The zero-order valence-corrected chi connectivity index (χ0v) is 22.6. The predicted octanol–water partition coefficient (Wildman–Crippen LogP) is 4.47. The summed E-state index contributed by atoms with van der Waals surface area (Å²) in [6.45, 7) is 5.17. The minimum absolute atomic E-state index is 0. The van der Waals surface area contributed by atoms with Gasteiger partial charge in [0, 0.05) is 58.4 Å². The standard InChI is InChI=1S/C24H31N3O3S.Y/c1-4-6-16-26-22(28)18(23(29)27(24(26)31)17-7-5-2)12-8-11-15-21-25(3)19-13-9-10-14-20(19)30-21;/h8-15,21,28H,4-7,16-17H2,1-3H3;/p-1. The number of benzene rings is 1. The summed E-state index contributed by atoms with van der Waals surface area (Å²) in [5.41, 5.74) is 0.858. The fraction of sp³-hybridized carbons (Fsp3) is 0.417. The number of likely N-dealkylation sites (N-methyl/N-ethyl adjacent to an activating group) is 1. The number of nitrogens with zero attached hydrogens (tertiary/aromatic N) is 3. The van der Waals surface area contributed by atoms with Crippen molar-refractivity contribution in [2.75, 3.05) is 11.9 Å². The summed E-state index contributed by atoms with van der Waals surface area (Å²) in [5.74, 6) is 0.518. The molecule has 0 aliphatic carbocycles. The molecule has 2 heterocycles. The van der Waals surface area contributed by atoms with E-state index in [1.165, 1.54) is 0 Å². The van der Waals surface area contributed by atoms with Crippen molar-refractivity contribution in [3.05, 3.63) is 63.2 Å². The van der Waals surface area contributed by atoms with Gasteiger partial charge in [-0.1, -0.05) is 51.0 Å². The average molecular weight is 529 g/mol. The summed E-state index contributed by atoms with van der Waals surface area (Å²) in [6.07, 6.45) is 10.3. The number of para-hydroxylation sites is 2. The van der Waals surface area contributed by atoms with Crippen LogP contribution in [0.4, 0.5) is 5.69 Å². The summed E-state index contributed by atoms with van der Waals surface area (Å²) >= 11 is 5.47. The summed E-state index contributed by atoms with van der Waals surface area (Å²) in [6, 6.07) is 7.85. The molecule has 1 aliphatic rings. The minimum atomic E-state index is -0.317. The van der Waals surface area contributed by atoms with Crippen molar-refractivity contribution in [3.8, 4) is 11.6 Å². The van der Waals surface area contributed by atoms with Crippen LogP contribution in [0.1, 0.15) is 45.1 Å². The van der Waals surface area contributed by atoms with Crippen LogP contribution >= 0.6 is 12.2 Å². The largest absolute Gasteiger partial charge is 0.859 e. The Kier molecular flexibility index (Phi) is 10.4. The molecular formula is C24H30N3O3SY-. The SMILES string of the molecule is CCCCn1c([O-])c(C=CC=CC2Oc3ccccc3N2C)c(=O)n(CCCC)c1=S.[Y]. The molecule has 1 aliphatic heterocycles. The molecule has 2 aromatic rings. The topological polar surface area (TPSA) is 62.5 Å². The first-order valence-electron chi connectivity index (χ1n) is 10.9. The van der Waals surface area contributed by atoms with Crippen molar-refractivity contribution < 1.29 is 42.6 Å². The minimum Gasteiger partial charge on any atom is -0.859 e. The molecule has 0 saturated heterocycles. The van der Waals surface area contributed by atoms with Crippen molar-refractivity contribution >= 4 is 24.0 Å². The molecule has 0 amide bonds. The fourth-order valence-electron chi connectivity index (χ4n) is 3.54. The summed E-state index contributed by atoms with van der Waals surface area (Å²) in [5, 5.41) is 13.0. The molecule has 1 radical (unpaired) electrons. The molecule has 1 unspecified atom stereocenters. The number of hydrogen-bond donors (Lipinski definition) is 0. The Morgan fingerprint density at radius 2 is 1.75 bits per heavy atom. The number of fused-ring (bicyclic) bond motifs is 1. The molecule has 169 valence electrons. The molecule has 3 rings (SSSR count). The van der Waals surface area contributed by atoms with Crippen LogP contribution < -0.4 is 20.3 Å². The second-order valence-corrected chi connectivity index (χ2v) is 8.01. The number of allylic oxidation sites excluding steroid dienone is 2. The van der Waals surface area contributed by atoms with Gasteiger partial charge in [-0.2, -0.15) is 0 Å². The quantitative estimate of drug-likeness (QED) is 0.354. The van der Waals surface area contributed by atoms with E-state index >= 15 is 0 Å². The van der Waals surface area contributed by atoms with Crippen LogP contribution in [0.2, 0.25) is 0 Å². The third-order valence-corrected chi connectivity index (χ3v) is 5.85. The molecule has 0 N–H and O–H groups in total. The Balaban J connectivity index is 0.00000363. The zero-order chi connectivity index (χ0) is 22.4. The Bertz CT molecular complexity index is 1090. The van der Waals surface area contributed by atoms with E-state index in [0.29, 0.717) is 17.9 Å². The van der Waals surface area contributed by atoms with Gasteiger partial charge in [0.15, 0.2) is 11.0 Å². The van der Waals surface area contributed by atoms with E-state index < -0.39 is 0 Å². The molecule has 32 heavy (non-hydrogen) atoms. The Morgan fingerprint density at radius 3 is 2.41 bits per heavy atom. The van der Waals surface area contributed by atoms with E-state index in [1.807, 2.05) is 42.3 Å². The van der Waals surface area contributed by atoms with E-state index in [0.717, 1.165) is 37.1 Å². The van der Waals surface area contributed by atoms with Crippen LogP contribution in [0, 0.1) is 4.77 Å². The van der Waals surface area contributed by atoms with Gasteiger partial charge in [-0.05, 0) is 55.2 Å². The van der Waals surface area contributed by atoms with Crippen LogP contribution in [0.5, 0.6) is 11.6 Å². The fourth-order valence-corrected chi connectivity index (χ4v) is 3.89. The monoisotopic (exact) mass is 529 g/mol. The Hall–Kier alpha value is -1.70. The Morgan fingerprint density at radius 1 is 1.09 bits per heavy atom. The predicted molar refractivity (Wildman–Crippen MR) is 126 cm³/mol. The van der Waals surface area contributed by atoms with Gasteiger partial charge in [0.25, 0.3) is 5.56 Å². The maximum atomic E-state index is 13.0. The van der Waals surface area contributed by atoms with Crippen molar-refractivity contribution in [1.82, 2.24) is 9.13 Å². The second-order valence-electron chi connectivity index (χ2n) is 7.65. The average Bonchev–Trinajstić information content (AvgIpc) is 3.09. The summed E-state index contributed by atoms with van der Waals surface area (Å²) in [7, 11) is 1.96. The first kappa shape index (κ1) is 26.6. The molecular weight excluding hydrogens is 499 g/mol. The third kappa shape index (κ3) is 5.80. The number of ether oxygens (including phenoxy) is 1. The molecule has 8 heteroatoms. The van der Waals surface area contributed by atoms with Gasteiger partial charge in [-0.3, -0.25) is 9.36 Å². The molecule has 0 saturated carbocycles. The molecule has 0 bridgehead atoms. The third-order valence-electron chi connectivity index (χ3n) is 5.41. The van der Waals surface area contributed by atoms with Gasteiger partial charge in [-0.15, -0.1) is 0 Å². The number of aromatic nitrogens is 2. The normalized spacial score (nSPS) is 15.2. The van der Waals surface area contributed by atoms with Crippen LogP contribution in [0.3, 0.4) is 0 Å². The van der Waals surface area contributed by atoms with Crippen LogP contribution in [0.15, 0.2) is 47.3 Å². The number of unbranched alkanes of at least 4 members (excludes halogenated alkanes) is 2. The van der Waals surface area contributed by atoms with E-state index in [-0.39, 0.29) is 55.9 Å². The van der Waals surface area contributed by atoms with Crippen molar-refractivity contribution in [2.45, 2.75) is 58.8 Å². The molecule has 0 spiro atoms. The van der Waals surface area contributed by atoms with Crippen LogP contribution in [0.25, 0.3) is 6.08 Å². The maximum absolute atomic E-state index is 13.0. The first-order chi connectivity index (χ1) is 15.0. The molecule has 1 atom stereocenters. The van der Waals surface area contributed by atoms with Gasteiger partial charge < -0.3 is 19.3 Å². The van der Waals surface area contributed by atoms with Gasteiger partial charge >= 0.3 is 0 Å². The maximum Gasteiger partial charge on any atom is 0.260 e. The van der Waals surface area contributed by atoms with Crippen molar-refractivity contribution in [3.63, 3.8) is 0 Å². The molecule has 0 fully saturated rings. The van der Waals surface area contributed by atoms with Crippen molar-refractivity contribution in [1.29, 1.82) is 0 Å². The van der Waals surface area contributed by atoms with E-state index in [2.05, 4.69) is 13.8 Å². The van der Waals surface area contributed by atoms with Crippen molar-refractivity contribution in [2.24, 2.45) is 0 Å². The van der Waals surface area contributed by atoms with E-state index in [9.17, 15) is 9.90 Å². The summed E-state index contributed by atoms with van der Waals surface area (Å²) < 4.78 is 9.36. The summed E-state index contributed by atoms with van der Waals surface area (Å²) in [4.78, 5) is 15.0. The van der Waals surface area contributed by atoms with Crippen LogP contribution in [-0.4, -0.2) is 22.4 Å².